The number of nitrogens with one attached hydrogen (secondary N) is 1. The van der Waals surface area contributed by atoms with Crippen LogP contribution in [-0.2, 0) is 6.54 Å². The van der Waals surface area contributed by atoms with E-state index >= 15 is 0 Å². The van der Waals surface area contributed by atoms with Crippen molar-refractivity contribution in [2.45, 2.75) is 44.0 Å². The van der Waals surface area contributed by atoms with Crippen LogP contribution < -0.4 is 5.32 Å². The summed E-state index contributed by atoms with van der Waals surface area (Å²) in [5.41, 5.74) is 1.15. The number of nitrogens with zero attached hydrogens (tertiary/aromatic N) is 3. The highest BCUT2D eigenvalue weighted by atomic mass is 35.5. The van der Waals surface area contributed by atoms with Gasteiger partial charge in [0.1, 0.15) is 0 Å². The molecule has 2 rings (SSSR count). The van der Waals surface area contributed by atoms with E-state index in [2.05, 4.69) is 59.7 Å². The van der Waals surface area contributed by atoms with Gasteiger partial charge in [-0.15, -0.1) is 0 Å². The standard InChI is InChI=1S/C15H27ClN4S/c1-5-17-14(15(2)7-6-10-21-15)13-12(16)11-18-20(13)9-8-19(3)4/h11,14,17H,5-10H2,1-4H3. The minimum absolute atomic E-state index is 0.204. The van der Waals surface area contributed by atoms with E-state index in [0.717, 1.165) is 30.4 Å². The molecule has 2 unspecified atom stereocenters. The van der Waals surface area contributed by atoms with Crippen LogP contribution in [0.25, 0.3) is 0 Å². The van der Waals surface area contributed by atoms with Crippen LogP contribution in [0.5, 0.6) is 0 Å². The Morgan fingerprint density at radius 2 is 2.33 bits per heavy atom. The Morgan fingerprint density at radius 1 is 1.57 bits per heavy atom. The second-order valence-electron chi connectivity index (χ2n) is 6.16. The Kier molecular flexibility index (Phi) is 6.00. The molecule has 0 spiro atoms. The summed E-state index contributed by atoms with van der Waals surface area (Å²) in [6.07, 6.45) is 4.30. The molecular weight excluding hydrogens is 304 g/mol. The maximum atomic E-state index is 6.48. The van der Waals surface area contributed by atoms with Gasteiger partial charge in [-0.25, -0.2) is 0 Å². The maximum Gasteiger partial charge on any atom is 0.0834 e. The third kappa shape index (κ3) is 3.95. The van der Waals surface area contributed by atoms with E-state index in [9.17, 15) is 0 Å². The van der Waals surface area contributed by atoms with E-state index in [1.165, 1.54) is 18.6 Å². The van der Waals surface area contributed by atoms with E-state index in [-0.39, 0.29) is 10.8 Å². The van der Waals surface area contributed by atoms with Crippen molar-refractivity contribution in [1.82, 2.24) is 20.0 Å². The van der Waals surface area contributed by atoms with Gasteiger partial charge in [-0.3, -0.25) is 4.68 Å². The van der Waals surface area contributed by atoms with Gasteiger partial charge in [0.25, 0.3) is 0 Å². The molecule has 6 heteroatoms. The first-order chi connectivity index (χ1) is 9.98. The highest BCUT2D eigenvalue weighted by Crippen LogP contribution is 2.47. The normalized spacial score (nSPS) is 23.9. The van der Waals surface area contributed by atoms with Crippen molar-refractivity contribution >= 4 is 23.4 Å². The molecule has 1 aromatic rings. The average molecular weight is 331 g/mol. The SMILES string of the molecule is CCNC(c1c(Cl)cnn1CCN(C)C)C1(C)CCCS1. The lowest BCUT2D eigenvalue weighted by Crippen LogP contribution is -2.39. The molecule has 1 N–H and O–H groups in total. The zero-order valence-electron chi connectivity index (χ0n) is 13.5. The van der Waals surface area contributed by atoms with Crippen LogP contribution in [0.2, 0.25) is 5.02 Å². The molecule has 2 atom stereocenters. The molecule has 21 heavy (non-hydrogen) atoms. The second-order valence-corrected chi connectivity index (χ2v) is 8.20. The molecule has 1 fully saturated rings. The van der Waals surface area contributed by atoms with Crippen molar-refractivity contribution in [3.05, 3.63) is 16.9 Å². The second kappa shape index (κ2) is 7.36. The lowest BCUT2D eigenvalue weighted by molar-refractivity contribution is 0.348. The molecule has 0 radical (unpaired) electrons. The Bertz CT molecular complexity index is 455. The van der Waals surface area contributed by atoms with E-state index in [0.29, 0.717) is 0 Å². The van der Waals surface area contributed by atoms with E-state index in [4.69, 9.17) is 11.6 Å². The number of hydrogen-bond donors (Lipinski definition) is 1. The van der Waals surface area contributed by atoms with Gasteiger partial charge in [-0.05, 0) is 46.2 Å². The Hall–Kier alpha value is -0.230. The molecule has 120 valence electrons. The van der Waals surface area contributed by atoms with Crippen molar-refractivity contribution in [3.8, 4) is 0 Å². The molecule has 2 heterocycles. The van der Waals surface area contributed by atoms with E-state index < -0.39 is 0 Å². The van der Waals surface area contributed by atoms with Gasteiger partial charge >= 0.3 is 0 Å². The summed E-state index contributed by atoms with van der Waals surface area (Å²) >= 11 is 8.55. The predicted molar refractivity (Wildman–Crippen MR) is 92.3 cm³/mol. The first-order valence-electron chi connectivity index (χ1n) is 7.71. The molecule has 1 saturated heterocycles. The smallest absolute Gasteiger partial charge is 0.0834 e. The summed E-state index contributed by atoms with van der Waals surface area (Å²) in [6.45, 7) is 7.30. The van der Waals surface area contributed by atoms with Gasteiger partial charge in [0.15, 0.2) is 0 Å². The number of thioether (sulfide) groups is 1. The number of likely N-dealkylation sites (N-methyl/N-ethyl adjacent to an activating group) is 1. The maximum absolute atomic E-state index is 6.48. The summed E-state index contributed by atoms with van der Waals surface area (Å²) < 4.78 is 2.29. The number of halogens is 1. The molecule has 0 aliphatic carbocycles. The Morgan fingerprint density at radius 3 is 2.90 bits per heavy atom. The van der Waals surface area contributed by atoms with Crippen molar-refractivity contribution < 1.29 is 0 Å². The van der Waals surface area contributed by atoms with Crippen LogP contribution in [0.15, 0.2) is 6.20 Å². The van der Waals surface area contributed by atoms with Crippen molar-refractivity contribution in [2.75, 3.05) is 32.9 Å². The van der Waals surface area contributed by atoms with Gasteiger partial charge in [0.2, 0.25) is 0 Å². The molecule has 0 saturated carbocycles. The van der Waals surface area contributed by atoms with E-state index in [1.807, 2.05) is 0 Å². The van der Waals surface area contributed by atoms with Crippen LogP contribution in [0.3, 0.4) is 0 Å². The summed E-state index contributed by atoms with van der Waals surface area (Å²) in [5.74, 6) is 1.24. The number of aromatic nitrogens is 2. The minimum atomic E-state index is 0.204. The highest BCUT2D eigenvalue weighted by molar-refractivity contribution is 8.00. The Labute approximate surface area is 137 Å². The predicted octanol–water partition coefficient (Wildman–Crippen LogP) is 3.03. The zero-order valence-corrected chi connectivity index (χ0v) is 15.1. The molecule has 1 aliphatic heterocycles. The molecular formula is C15H27ClN4S. The summed E-state index contributed by atoms with van der Waals surface area (Å²) in [6, 6.07) is 0.257. The van der Waals surface area contributed by atoms with Crippen LogP contribution in [0.1, 0.15) is 38.4 Å². The molecule has 1 aromatic heterocycles. The quantitative estimate of drug-likeness (QED) is 0.833. The fourth-order valence-electron chi connectivity index (χ4n) is 2.97. The summed E-state index contributed by atoms with van der Waals surface area (Å²) in [5, 5.41) is 8.94. The van der Waals surface area contributed by atoms with Gasteiger partial charge in [-0.1, -0.05) is 18.5 Å². The third-order valence-corrected chi connectivity index (χ3v) is 6.02. The number of hydrogen-bond acceptors (Lipinski definition) is 4. The van der Waals surface area contributed by atoms with Crippen LogP contribution in [-0.4, -0.2) is 52.4 Å². The van der Waals surface area contributed by atoms with Crippen molar-refractivity contribution in [3.63, 3.8) is 0 Å². The lowest BCUT2D eigenvalue weighted by Gasteiger charge is -2.34. The average Bonchev–Trinajstić information content (AvgIpc) is 3.01. The van der Waals surface area contributed by atoms with Crippen LogP contribution in [0, 0.1) is 0 Å². The first kappa shape index (κ1) is 17.1. The van der Waals surface area contributed by atoms with Crippen LogP contribution >= 0.6 is 23.4 Å². The highest BCUT2D eigenvalue weighted by Gasteiger charge is 2.41. The molecule has 0 bridgehead atoms. The minimum Gasteiger partial charge on any atom is -0.308 e. The van der Waals surface area contributed by atoms with Crippen molar-refractivity contribution in [1.29, 1.82) is 0 Å². The zero-order chi connectivity index (χ0) is 15.5. The summed E-state index contributed by atoms with van der Waals surface area (Å²) in [7, 11) is 4.17. The van der Waals surface area contributed by atoms with Crippen LogP contribution in [0.4, 0.5) is 0 Å². The topological polar surface area (TPSA) is 33.1 Å². The molecule has 0 amide bonds. The van der Waals surface area contributed by atoms with Crippen molar-refractivity contribution in [2.24, 2.45) is 0 Å². The third-order valence-electron chi connectivity index (χ3n) is 4.13. The first-order valence-corrected chi connectivity index (χ1v) is 9.07. The van der Waals surface area contributed by atoms with Gasteiger partial charge in [0, 0.05) is 11.3 Å². The number of rotatable bonds is 7. The van der Waals surface area contributed by atoms with Gasteiger partial charge in [-0.2, -0.15) is 16.9 Å². The van der Waals surface area contributed by atoms with Gasteiger partial charge < -0.3 is 10.2 Å². The molecule has 0 aromatic carbocycles. The Balaban J connectivity index is 2.29. The molecule has 1 aliphatic rings. The monoisotopic (exact) mass is 330 g/mol. The fourth-order valence-corrected chi connectivity index (χ4v) is 4.62. The summed E-state index contributed by atoms with van der Waals surface area (Å²) in [4.78, 5) is 2.17. The lowest BCUT2D eigenvalue weighted by atomic mass is 9.93. The van der Waals surface area contributed by atoms with Gasteiger partial charge in [0.05, 0.1) is 29.5 Å². The molecule has 4 nitrogen and oxygen atoms in total. The largest absolute Gasteiger partial charge is 0.308 e. The fraction of sp³-hybridized carbons (Fsp3) is 0.800. The van der Waals surface area contributed by atoms with E-state index in [1.54, 1.807) is 6.20 Å².